The van der Waals surface area contributed by atoms with E-state index in [9.17, 15) is 4.57 Å². The van der Waals surface area contributed by atoms with Crippen LogP contribution in [0.25, 0.3) is 0 Å². The standard InChI is InChI=1S/C42H40NO3P/c43-47(44,45-39(31-33-19-7-1-8-20-33)41(35-23-11-3-12-24-35)36-25-13-4-14-26-36)46-40(32-34-21-9-2-10-22-34)42(37-27-15-5-16-28-37)38-29-17-6-18-30-38/h1-30,39-42H,31-32H2,(H2,43,44)/t39-,40-/m0/s1. The summed E-state index contributed by atoms with van der Waals surface area (Å²) in [4.78, 5) is 0. The number of nitrogens with two attached hydrogens (primary N) is 1. The summed E-state index contributed by atoms with van der Waals surface area (Å²) in [5, 5.41) is 0. The molecule has 0 bridgehead atoms. The average Bonchev–Trinajstić information content (AvgIpc) is 3.11. The van der Waals surface area contributed by atoms with Gasteiger partial charge in [0.05, 0.1) is 12.2 Å². The summed E-state index contributed by atoms with van der Waals surface area (Å²) < 4.78 is 27.9. The van der Waals surface area contributed by atoms with Crippen molar-refractivity contribution in [1.82, 2.24) is 0 Å². The van der Waals surface area contributed by atoms with Gasteiger partial charge in [0.25, 0.3) is 0 Å². The molecule has 0 spiro atoms. The fourth-order valence-electron chi connectivity index (χ4n) is 6.41. The highest BCUT2D eigenvalue weighted by atomic mass is 31.2. The fraction of sp³-hybridized carbons (Fsp3) is 0.143. The normalized spacial score (nSPS) is 13.0. The molecular formula is C42H40NO3P. The highest BCUT2D eigenvalue weighted by Crippen LogP contribution is 2.49. The number of benzene rings is 6. The zero-order chi connectivity index (χ0) is 32.3. The van der Waals surface area contributed by atoms with E-state index in [1.165, 1.54) is 0 Å². The molecule has 4 nitrogen and oxygen atoms in total. The Hall–Kier alpha value is -4.57. The summed E-state index contributed by atoms with van der Waals surface area (Å²) in [6, 6.07) is 61.0. The molecule has 5 heteroatoms. The van der Waals surface area contributed by atoms with Crippen molar-refractivity contribution >= 4 is 7.75 Å². The van der Waals surface area contributed by atoms with Crippen LogP contribution in [-0.4, -0.2) is 12.2 Å². The van der Waals surface area contributed by atoms with Crippen LogP contribution in [0, 0.1) is 0 Å². The van der Waals surface area contributed by atoms with Gasteiger partial charge in [0, 0.05) is 24.7 Å². The van der Waals surface area contributed by atoms with E-state index < -0.39 is 20.0 Å². The van der Waals surface area contributed by atoms with Crippen LogP contribution in [0.2, 0.25) is 0 Å². The molecule has 2 atom stereocenters. The maximum absolute atomic E-state index is 14.7. The molecule has 0 fully saturated rings. The van der Waals surface area contributed by atoms with Gasteiger partial charge >= 0.3 is 7.75 Å². The Morgan fingerprint density at radius 2 is 0.638 bits per heavy atom. The molecule has 0 amide bonds. The van der Waals surface area contributed by atoms with Crippen molar-refractivity contribution in [3.05, 3.63) is 215 Å². The van der Waals surface area contributed by atoms with Gasteiger partial charge in [-0.25, -0.2) is 10.1 Å². The second-order valence-corrected chi connectivity index (χ2v) is 13.3. The van der Waals surface area contributed by atoms with E-state index in [2.05, 4.69) is 72.8 Å². The summed E-state index contributed by atoms with van der Waals surface area (Å²) in [6.07, 6.45) is -0.182. The van der Waals surface area contributed by atoms with Gasteiger partial charge in [0.1, 0.15) is 0 Å². The second kappa shape index (κ2) is 15.8. The molecule has 0 unspecified atom stereocenters. The Morgan fingerprint density at radius 3 is 0.894 bits per heavy atom. The summed E-state index contributed by atoms with van der Waals surface area (Å²) in [7, 11) is -4.17. The van der Waals surface area contributed by atoms with Crippen LogP contribution < -0.4 is 5.50 Å². The van der Waals surface area contributed by atoms with Crippen LogP contribution in [0.5, 0.6) is 0 Å². The van der Waals surface area contributed by atoms with Crippen molar-refractivity contribution in [2.45, 2.75) is 36.9 Å². The summed E-state index contributed by atoms with van der Waals surface area (Å²) in [5.74, 6) is -0.491. The predicted octanol–water partition coefficient (Wildman–Crippen LogP) is 9.97. The topological polar surface area (TPSA) is 61.6 Å². The van der Waals surface area contributed by atoms with E-state index >= 15 is 0 Å². The van der Waals surface area contributed by atoms with Gasteiger partial charge in [-0.1, -0.05) is 182 Å². The molecule has 236 valence electrons. The molecule has 6 aromatic carbocycles. The Labute approximate surface area is 278 Å². The van der Waals surface area contributed by atoms with E-state index in [1.54, 1.807) is 0 Å². The minimum Gasteiger partial charge on any atom is -0.292 e. The van der Waals surface area contributed by atoms with Crippen molar-refractivity contribution in [2.75, 3.05) is 0 Å². The Bertz CT molecular complexity index is 1610. The predicted molar refractivity (Wildman–Crippen MR) is 191 cm³/mol. The maximum atomic E-state index is 14.7. The highest BCUT2D eigenvalue weighted by Gasteiger charge is 2.37. The van der Waals surface area contributed by atoms with Gasteiger partial charge in [-0.2, -0.15) is 0 Å². The van der Waals surface area contributed by atoms with Gasteiger partial charge in [-0.05, 0) is 33.4 Å². The quantitative estimate of drug-likeness (QED) is 0.121. The zero-order valence-corrected chi connectivity index (χ0v) is 27.2. The van der Waals surface area contributed by atoms with Crippen molar-refractivity contribution in [3.8, 4) is 0 Å². The van der Waals surface area contributed by atoms with E-state index in [0.29, 0.717) is 12.8 Å². The third-order valence-electron chi connectivity index (χ3n) is 8.50. The van der Waals surface area contributed by atoms with E-state index in [0.717, 1.165) is 33.4 Å². The van der Waals surface area contributed by atoms with Crippen molar-refractivity contribution in [3.63, 3.8) is 0 Å². The smallest absolute Gasteiger partial charge is 0.292 e. The van der Waals surface area contributed by atoms with E-state index in [4.69, 9.17) is 14.6 Å². The monoisotopic (exact) mass is 637 g/mol. The van der Waals surface area contributed by atoms with Crippen LogP contribution in [0.4, 0.5) is 0 Å². The second-order valence-electron chi connectivity index (χ2n) is 11.8. The van der Waals surface area contributed by atoms with E-state index in [-0.39, 0.29) is 11.8 Å². The minimum absolute atomic E-state index is 0.246. The fourth-order valence-corrected chi connectivity index (χ4v) is 7.61. The Balaban J connectivity index is 1.40. The molecule has 47 heavy (non-hydrogen) atoms. The van der Waals surface area contributed by atoms with Crippen LogP contribution >= 0.6 is 7.75 Å². The molecule has 0 aliphatic heterocycles. The van der Waals surface area contributed by atoms with Crippen molar-refractivity contribution in [1.29, 1.82) is 0 Å². The Morgan fingerprint density at radius 1 is 0.404 bits per heavy atom. The van der Waals surface area contributed by atoms with Crippen LogP contribution in [0.3, 0.4) is 0 Å². The van der Waals surface area contributed by atoms with Crippen molar-refractivity contribution in [2.24, 2.45) is 5.50 Å². The van der Waals surface area contributed by atoms with Gasteiger partial charge in [0.2, 0.25) is 0 Å². The van der Waals surface area contributed by atoms with Gasteiger partial charge < -0.3 is 0 Å². The highest BCUT2D eigenvalue weighted by molar-refractivity contribution is 7.51. The minimum atomic E-state index is -4.17. The molecule has 0 aliphatic rings. The van der Waals surface area contributed by atoms with Crippen LogP contribution in [-0.2, 0) is 26.5 Å². The van der Waals surface area contributed by atoms with Gasteiger partial charge in [0.15, 0.2) is 0 Å². The largest absolute Gasteiger partial charge is 0.403 e. The van der Waals surface area contributed by atoms with E-state index in [1.807, 2.05) is 109 Å². The van der Waals surface area contributed by atoms with Crippen LogP contribution in [0.15, 0.2) is 182 Å². The molecule has 0 aliphatic carbocycles. The molecule has 0 radical (unpaired) electrons. The van der Waals surface area contributed by atoms with Crippen molar-refractivity contribution < 1.29 is 13.6 Å². The number of hydrogen-bond donors (Lipinski definition) is 1. The number of hydrogen-bond acceptors (Lipinski definition) is 3. The first-order valence-corrected chi connectivity index (χ1v) is 17.7. The van der Waals surface area contributed by atoms with Gasteiger partial charge in [-0.15, -0.1) is 0 Å². The molecule has 2 N–H and O–H groups in total. The lowest BCUT2D eigenvalue weighted by Crippen LogP contribution is -2.31. The molecule has 6 rings (SSSR count). The zero-order valence-electron chi connectivity index (χ0n) is 26.3. The number of rotatable bonds is 14. The summed E-state index contributed by atoms with van der Waals surface area (Å²) in [5.41, 5.74) is 13.0. The lowest BCUT2D eigenvalue weighted by Gasteiger charge is -2.34. The van der Waals surface area contributed by atoms with Gasteiger partial charge in [-0.3, -0.25) is 9.05 Å². The molecule has 0 saturated carbocycles. The molecule has 0 heterocycles. The molecule has 0 saturated heterocycles. The average molecular weight is 638 g/mol. The first-order chi connectivity index (χ1) is 23.1. The first kappa shape index (κ1) is 32.4. The Kier molecular flexibility index (Phi) is 10.9. The molecular weight excluding hydrogens is 597 g/mol. The third kappa shape index (κ3) is 8.83. The SMILES string of the molecule is NP(=O)(O[C@@H](Cc1ccccc1)C(c1ccccc1)c1ccccc1)O[C@@H](Cc1ccccc1)C(c1ccccc1)c1ccccc1. The summed E-state index contributed by atoms with van der Waals surface area (Å²) in [6.45, 7) is 0. The first-order valence-electron chi connectivity index (χ1n) is 16.1. The molecule has 6 aromatic rings. The maximum Gasteiger partial charge on any atom is 0.403 e. The molecule has 0 aromatic heterocycles. The lowest BCUT2D eigenvalue weighted by atomic mass is 9.84. The summed E-state index contributed by atoms with van der Waals surface area (Å²) >= 11 is 0. The third-order valence-corrected chi connectivity index (χ3v) is 9.63. The van der Waals surface area contributed by atoms with Crippen LogP contribution in [0.1, 0.15) is 45.2 Å². The lowest BCUT2D eigenvalue weighted by molar-refractivity contribution is 0.0979.